The molecule has 0 atom stereocenters. The summed E-state index contributed by atoms with van der Waals surface area (Å²) >= 11 is 1.41. The average Bonchev–Trinajstić information content (AvgIpc) is 3.08. The molecule has 1 amide bonds. The van der Waals surface area contributed by atoms with Crippen LogP contribution in [0.2, 0.25) is 0 Å². The summed E-state index contributed by atoms with van der Waals surface area (Å²) in [6.45, 7) is 4.13. The van der Waals surface area contributed by atoms with Crippen molar-refractivity contribution in [2.75, 3.05) is 6.54 Å². The van der Waals surface area contributed by atoms with Crippen molar-refractivity contribution in [2.24, 2.45) is 15.8 Å². The van der Waals surface area contributed by atoms with E-state index in [4.69, 9.17) is 5.73 Å². The maximum atomic E-state index is 11.5. The smallest absolute Gasteiger partial charge is 0.252 e. The molecule has 0 spiro atoms. The predicted octanol–water partition coefficient (Wildman–Crippen LogP) is 2.39. The van der Waals surface area contributed by atoms with Crippen molar-refractivity contribution in [3.63, 3.8) is 0 Å². The zero-order valence-corrected chi connectivity index (χ0v) is 15.1. The van der Waals surface area contributed by atoms with E-state index >= 15 is 0 Å². The van der Waals surface area contributed by atoms with E-state index in [9.17, 15) is 9.90 Å². The molecule has 3 rings (SSSR count). The molecule has 0 saturated heterocycles. The first-order valence-electron chi connectivity index (χ1n) is 7.99. The van der Waals surface area contributed by atoms with Gasteiger partial charge in [-0.1, -0.05) is 12.1 Å². The SMILES string of the molecule is C=CCN=c1scc(-c2ccc(O)c(C(N)=O)c2)n1/N=C\c1cccnc1. The molecule has 0 aliphatic heterocycles. The van der Waals surface area contributed by atoms with Gasteiger partial charge in [-0.15, -0.1) is 17.9 Å². The highest BCUT2D eigenvalue weighted by atomic mass is 32.1. The molecule has 136 valence electrons. The average molecular weight is 379 g/mol. The molecule has 0 aliphatic carbocycles. The fourth-order valence-corrected chi connectivity index (χ4v) is 3.18. The van der Waals surface area contributed by atoms with Crippen molar-refractivity contribution in [1.29, 1.82) is 0 Å². The Morgan fingerprint density at radius 3 is 2.96 bits per heavy atom. The monoisotopic (exact) mass is 379 g/mol. The van der Waals surface area contributed by atoms with Gasteiger partial charge in [-0.3, -0.25) is 14.8 Å². The van der Waals surface area contributed by atoms with E-state index < -0.39 is 5.91 Å². The zero-order valence-electron chi connectivity index (χ0n) is 14.3. The van der Waals surface area contributed by atoms with Crippen LogP contribution >= 0.6 is 11.3 Å². The highest BCUT2D eigenvalue weighted by Gasteiger charge is 2.13. The Labute approximate surface area is 159 Å². The molecule has 27 heavy (non-hydrogen) atoms. The number of nitrogens with two attached hydrogens (primary N) is 1. The fraction of sp³-hybridized carbons (Fsp3) is 0.0526. The Bertz CT molecular complexity index is 1070. The van der Waals surface area contributed by atoms with E-state index in [1.165, 1.54) is 23.5 Å². The molecule has 3 N–H and O–H groups in total. The van der Waals surface area contributed by atoms with Gasteiger partial charge in [-0.2, -0.15) is 5.10 Å². The Morgan fingerprint density at radius 1 is 1.41 bits per heavy atom. The molecular formula is C19H17N5O2S. The van der Waals surface area contributed by atoms with Crippen LogP contribution in [-0.4, -0.2) is 33.4 Å². The minimum Gasteiger partial charge on any atom is -0.507 e. The Hall–Kier alpha value is -3.52. The number of carbonyl (C=O) groups excluding carboxylic acids is 1. The zero-order chi connectivity index (χ0) is 19.2. The van der Waals surface area contributed by atoms with Gasteiger partial charge in [0.1, 0.15) is 5.75 Å². The van der Waals surface area contributed by atoms with Crippen molar-refractivity contribution in [3.8, 4) is 17.0 Å². The number of carbonyl (C=O) groups is 1. The summed E-state index contributed by atoms with van der Waals surface area (Å²) in [7, 11) is 0. The van der Waals surface area contributed by atoms with Gasteiger partial charge in [-0.05, 0) is 24.3 Å². The number of benzene rings is 1. The van der Waals surface area contributed by atoms with Crippen molar-refractivity contribution < 1.29 is 9.90 Å². The lowest BCUT2D eigenvalue weighted by molar-refractivity contribution is 0.0998. The molecule has 8 heteroatoms. The highest BCUT2D eigenvalue weighted by Crippen LogP contribution is 2.26. The van der Waals surface area contributed by atoms with Crippen molar-refractivity contribution in [1.82, 2.24) is 9.66 Å². The Morgan fingerprint density at radius 2 is 2.26 bits per heavy atom. The van der Waals surface area contributed by atoms with Gasteiger partial charge in [0.2, 0.25) is 4.80 Å². The largest absolute Gasteiger partial charge is 0.507 e. The molecule has 1 aromatic carbocycles. The number of hydrogen-bond acceptors (Lipinski definition) is 6. The van der Waals surface area contributed by atoms with Crippen molar-refractivity contribution in [3.05, 3.63) is 76.7 Å². The van der Waals surface area contributed by atoms with Crippen molar-refractivity contribution in [2.45, 2.75) is 0 Å². The van der Waals surface area contributed by atoms with E-state index in [0.717, 1.165) is 5.56 Å². The van der Waals surface area contributed by atoms with Gasteiger partial charge in [0, 0.05) is 28.9 Å². The minimum atomic E-state index is -0.702. The van der Waals surface area contributed by atoms with Crippen LogP contribution in [0, 0.1) is 0 Å². The number of pyridine rings is 1. The number of primary amides is 1. The normalized spacial score (nSPS) is 11.8. The third-order valence-electron chi connectivity index (χ3n) is 3.61. The fourth-order valence-electron chi connectivity index (χ4n) is 2.33. The lowest BCUT2D eigenvalue weighted by atomic mass is 10.1. The molecule has 3 aromatic rings. The van der Waals surface area contributed by atoms with Crippen LogP contribution < -0.4 is 10.5 Å². The lowest BCUT2D eigenvalue weighted by Gasteiger charge is -2.06. The highest BCUT2D eigenvalue weighted by molar-refractivity contribution is 7.07. The summed E-state index contributed by atoms with van der Waals surface area (Å²) in [6, 6.07) is 8.37. The van der Waals surface area contributed by atoms with Gasteiger partial charge in [0.15, 0.2) is 0 Å². The van der Waals surface area contributed by atoms with Crippen LogP contribution in [-0.2, 0) is 0 Å². The maximum Gasteiger partial charge on any atom is 0.252 e. The topological polar surface area (TPSA) is 106 Å². The van der Waals surface area contributed by atoms with E-state index in [2.05, 4.69) is 21.7 Å². The number of hydrogen-bond donors (Lipinski definition) is 2. The van der Waals surface area contributed by atoms with Crippen LogP contribution in [0.4, 0.5) is 0 Å². The third-order valence-corrected chi connectivity index (χ3v) is 4.46. The summed E-state index contributed by atoms with van der Waals surface area (Å²) < 4.78 is 1.67. The Kier molecular flexibility index (Phi) is 5.58. The van der Waals surface area contributed by atoms with Gasteiger partial charge in [-0.25, -0.2) is 4.68 Å². The molecule has 0 saturated carbocycles. The maximum absolute atomic E-state index is 11.5. The molecule has 0 bridgehead atoms. The summed E-state index contributed by atoms with van der Waals surface area (Å²) in [5.74, 6) is -0.866. The molecule has 2 heterocycles. The number of aromatic nitrogens is 2. The molecular weight excluding hydrogens is 362 g/mol. The van der Waals surface area contributed by atoms with Gasteiger partial charge < -0.3 is 10.8 Å². The Balaban J connectivity index is 2.12. The van der Waals surface area contributed by atoms with Gasteiger partial charge >= 0.3 is 0 Å². The van der Waals surface area contributed by atoms with Gasteiger partial charge in [0.05, 0.1) is 24.0 Å². The van der Waals surface area contributed by atoms with Gasteiger partial charge in [0.25, 0.3) is 5.91 Å². The molecule has 0 fully saturated rings. The van der Waals surface area contributed by atoms with Crippen LogP contribution in [0.5, 0.6) is 5.75 Å². The van der Waals surface area contributed by atoms with E-state index in [0.29, 0.717) is 22.6 Å². The second kappa shape index (κ2) is 8.24. The summed E-state index contributed by atoms with van der Waals surface area (Å²) in [5.41, 5.74) is 7.61. The van der Waals surface area contributed by atoms with E-state index in [-0.39, 0.29) is 11.3 Å². The number of aromatic hydroxyl groups is 1. The number of phenols is 1. The number of thiazole rings is 1. The van der Waals surface area contributed by atoms with Crippen molar-refractivity contribution >= 4 is 23.5 Å². The first-order chi connectivity index (χ1) is 13.1. The minimum absolute atomic E-state index is 0.0473. The van der Waals surface area contributed by atoms with Crippen LogP contribution in [0.3, 0.4) is 0 Å². The van der Waals surface area contributed by atoms with Crippen LogP contribution in [0.15, 0.2) is 70.9 Å². The standard InChI is InChI=1S/C19H17N5O2S/c1-2-7-22-19-24(23-11-13-4-3-8-21-10-13)16(12-27-19)14-5-6-17(25)15(9-14)18(20)26/h2-6,8-12,25H,1,7H2,(H2,20,26)/b22-19?,23-11-. The van der Waals surface area contributed by atoms with E-state index in [1.54, 1.807) is 35.4 Å². The second-order valence-corrected chi connectivity index (χ2v) is 6.31. The molecule has 0 unspecified atom stereocenters. The third kappa shape index (κ3) is 4.18. The van der Waals surface area contributed by atoms with E-state index in [1.807, 2.05) is 17.5 Å². The predicted molar refractivity (Wildman–Crippen MR) is 106 cm³/mol. The molecule has 0 radical (unpaired) electrons. The summed E-state index contributed by atoms with van der Waals surface area (Å²) in [6.07, 6.45) is 6.75. The molecule has 0 aliphatic rings. The van der Waals surface area contributed by atoms with Crippen LogP contribution in [0.25, 0.3) is 11.3 Å². The van der Waals surface area contributed by atoms with Crippen LogP contribution in [0.1, 0.15) is 15.9 Å². The quantitative estimate of drug-likeness (QED) is 0.507. The molecule has 7 nitrogen and oxygen atoms in total. The number of rotatable bonds is 6. The first kappa shape index (κ1) is 18.3. The number of amides is 1. The number of nitrogens with zero attached hydrogens (tertiary/aromatic N) is 4. The lowest BCUT2D eigenvalue weighted by Crippen LogP contribution is -2.13. The first-order valence-corrected chi connectivity index (χ1v) is 8.87. The molecule has 2 aromatic heterocycles. The summed E-state index contributed by atoms with van der Waals surface area (Å²) in [5, 5.41) is 16.2. The summed E-state index contributed by atoms with van der Waals surface area (Å²) in [4.78, 5) is 20.7. The second-order valence-electron chi connectivity index (χ2n) is 5.47.